The molecule has 2 saturated carbocycles. The summed E-state index contributed by atoms with van der Waals surface area (Å²) >= 11 is 0. The fourth-order valence-corrected chi connectivity index (χ4v) is 10.8. The molecule has 4 aliphatic carbocycles. The summed E-state index contributed by atoms with van der Waals surface area (Å²) in [6.07, 6.45) is -10.3. The largest absolute Gasteiger partial charge is 0.394 e. The Bertz CT molecular complexity index is 1410. The van der Waals surface area contributed by atoms with Crippen molar-refractivity contribution in [1.29, 1.82) is 0 Å². The van der Waals surface area contributed by atoms with Gasteiger partial charge in [-0.05, 0) is 93.0 Å². The van der Waals surface area contributed by atoms with Crippen molar-refractivity contribution < 1.29 is 74.1 Å². The Balaban J connectivity index is 1.10. The molecule has 2 unspecified atom stereocenters. The first kappa shape index (κ1) is 39.8. The summed E-state index contributed by atoms with van der Waals surface area (Å²) in [7, 11) is 0. The van der Waals surface area contributed by atoms with E-state index in [1.165, 1.54) is 12.5 Å². The monoisotopic (exact) mass is 754 g/mol. The van der Waals surface area contributed by atoms with Gasteiger partial charge in [-0.15, -0.1) is 0 Å². The number of hydrogen-bond donors (Lipinski definition) is 8. The molecule has 7 aliphatic rings. The normalized spacial score (nSPS) is 52.8. The van der Waals surface area contributed by atoms with E-state index >= 15 is 0 Å². The van der Waals surface area contributed by atoms with Crippen molar-refractivity contribution in [3.05, 3.63) is 23.3 Å². The molecule has 3 heterocycles. The van der Waals surface area contributed by atoms with Crippen LogP contribution in [-0.2, 0) is 33.2 Å². The number of fused-ring (bicyclic) bond motifs is 5. The number of allylic oxidation sites excluding steroid dienone is 3. The molecule has 5 fully saturated rings. The van der Waals surface area contributed by atoms with Gasteiger partial charge in [-0.25, -0.2) is 0 Å². The van der Waals surface area contributed by atoms with Gasteiger partial charge in [0.15, 0.2) is 24.7 Å². The van der Waals surface area contributed by atoms with Crippen LogP contribution < -0.4 is 0 Å². The van der Waals surface area contributed by atoms with Gasteiger partial charge in [-0.2, -0.15) is 0 Å². The zero-order valence-electron chi connectivity index (χ0n) is 30.8. The van der Waals surface area contributed by atoms with Crippen molar-refractivity contribution >= 4 is 5.78 Å². The van der Waals surface area contributed by atoms with Crippen LogP contribution in [0.4, 0.5) is 0 Å². The molecule has 0 aromatic rings. The lowest BCUT2D eigenvalue weighted by Gasteiger charge is -2.58. The Morgan fingerprint density at radius 3 is 2.19 bits per heavy atom. The highest BCUT2D eigenvalue weighted by molar-refractivity contribution is 5.95. The Labute approximate surface area is 309 Å². The second-order valence-electron chi connectivity index (χ2n) is 17.0. The Morgan fingerprint density at radius 1 is 0.774 bits per heavy atom. The second-order valence-corrected chi connectivity index (χ2v) is 17.0. The smallest absolute Gasteiger partial charge is 0.187 e. The summed E-state index contributed by atoms with van der Waals surface area (Å²) < 4.78 is 35.9. The molecule has 0 aromatic carbocycles. The zero-order chi connectivity index (χ0) is 38.1. The second kappa shape index (κ2) is 15.2. The van der Waals surface area contributed by atoms with Crippen LogP contribution in [0.3, 0.4) is 0 Å². The molecule has 53 heavy (non-hydrogen) atoms. The third kappa shape index (κ3) is 6.90. The van der Waals surface area contributed by atoms with Crippen LogP contribution in [-0.4, -0.2) is 152 Å². The Morgan fingerprint density at radius 2 is 1.47 bits per heavy atom. The van der Waals surface area contributed by atoms with E-state index in [0.717, 1.165) is 37.7 Å². The fourth-order valence-electron chi connectivity index (χ4n) is 10.8. The van der Waals surface area contributed by atoms with Gasteiger partial charge in [-0.3, -0.25) is 4.79 Å². The molecule has 0 radical (unpaired) electrons. The number of rotatable bonds is 8. The molecule has 0 amide bonds. The molecule has 0 aromatic heterocycles. The van der Waals surface area contributed by atoms with Crippen molar-refractivity contribution in [3.63, 3.8) is 0 Å². The van der Waals surface area contributed by atoms with E-state index < -0.39 is 92.6 Å². The van der Waals surface area contributed by atoms with E-state index in [0.29, 0.717) is 30.6 Å². The predicted molar refractivity (Wildman–Crippen MR) is 182 cm³/mol. The fraction of sp³-hybridized carbons (Fsp3) is 0.868. The first-order valence-corrected chi connectivity index (χ1v) is 19.3. The molecule has 0 spiro atoms. The summed E-state index contributed by atoms with van der Waals surface area (Å²) in [4.78, 5) is 12.5. The summed E-state index contributed by atoms with van der Waals surface area (Å²) in [6.45, 7) is 6.78. The van der Waals surface area contributed by atoms with Gasteiger partial charge in [0.1, 0.15) is 61.0 Å². The number of hydrogen-bond acceptors (Lipinski definition) is 15. The summed E-state index contributed by atoms with van der Waals surface area (Å²) in [6, 6.07) is 0. The van der Waals surface area contributed by atoms with Gasteiger partial charge in [0.05, 0.1) is 25.4 Å². The summed E-state index contributed by atoms with van der Waals surface area (Å²) in [5.74, 6) is 1.54. The number of ether oxygens (including phenoxy) is 6. The van der Waals surface area contributed by atoms with Gasteiger partial charge in [0.25, 0.3) is 0 Å². The highest BCUT2D eigenvalue weighted by atomic mass is 16.8. The lowest BCUT2D eigenvalue weighted by molar-refractivity contribution is -0.385. The maximum Gasteiger partial charge on any atom is 0.187 e. The molecule has 0 bridgehead atoms. The molecule has 300 valence electrons. The minimum absolute atomic E-state index is 0.0510. The average molecular weight is 755 g/mol. The first-order valence-electron chi connectivity index (χ1n) is 19.3. The molecule has 3 saturated heterocycles. The number of carbonyl (C=O) groups excluding carboxylic acids is 1. The number of aliphatic hydroxyl groups excluding tert-OH is 8. The topological polar surface area (TPSA) is 234 Å². The molecular formula is C38H58O15. The Hall–Kier alpha value is -1.41. The van der Waals surface area contributed by atoms with Crippen molar-refractivity contribution in [2.75, 3.05) is 13.2 Å². The van der Waals surface area contributed by atoms with Gasteiger partial charge in [-0.1, -0.05) is 31.6 Å². The van der Waals surface area contributed by atoms with Crippen molar-refractivity contribution in [1.82, 2.24) is 0 Å². The molecule has 7 rings (SSSR count). The van der Waals surface area contributed by atoms with E-state index in [2.05, 4.69) is 26.0 Å². The third-order valence-electron chi connectivity index (χ3n) is 14.0. The minimum atomic E-state index is -1.71. The van der Waals surface area contributed by atoms with Gasteiger partial charge < -0.3 is 69.3 Å². The van der Waals surface area contributed by atoms with E-state index in [1.54, 1.807) is 6.92 Å². The lowest BCUT2D eigenvalue weighted by Crippen LogP contribution is -2.66. The van der Waals surface area contributed by atoms with Crippen LogP contribution in [0.5, 0.6) is 0 Å². The standard InChI is InChI=1S/C38H58O15/c1-16(40)21-7-8-22-20-6-5-18-13-19(9-11-37(18,3)23(20)10-12-38(21,22)4)50-36-33(53-35-30(46)28(44)26(42)17(2)49-35)31(47)32(25(14-39)51-36)52-34-29(45)27(43)24(41)15-48-34/h5,7,17,19-20,22-36,39,41-47H,6,8-15H2,1-4H3/t17-,19+,20?,22+,23?,24-,25-,26-,27+,28+,29-,30-,31+,32-,33-,34+,35+,36-,37+,38-/m1/s1. The highest BCUT2D eigenvalue weighted by Gasteiger charge is 2.58. The van der Waals surface area contributed by atoms with Crippen LogP contribution in [0.2, 0.25) is 0 Å². The van der Waals surface area contributed by atoms with Crippen molar-refractivity contribution in [2.45, 2.75) is 165 Å². The molecule has 3 aliphatic heterocycles. The number of ketones is 1. The van der Waals surface area contributed by atoms with E-state index in [1.807, 2.05) is 0 Å². The molecule has 15 nitrogen and oxygen atoms in total. The number of carbonyl (C=O) groups is 1. The van der Waals surface area contributed by atoms with E-state index in [-0.39, 0.29) is 29.3 Å². The van der Waals surface area contributed by atoms with E-state index in [9.17, 15) is 45.6 Å². The highest BCUT2D eigenvalue weighted by Crippen LogP contribution is 2.65. The Kier molecular flexibility index (Phi) is 11.4. The van der Waals surface area contributed by atoms with Crippen LogP contribution >= 0.6 is 0 Å². The van der Waals surface area contributed by atoms with Crippen molar-refractivity contribution in [3.8, 4) is 0 Å². The molecule has 15 heteroatoms. The first-order chi connectivity index (χ1) is 25.1. The minimum Gasteiger partial charge on any atom is -0.394 e. The van der Waals surface area contributed by atoms with Crippen LogP contribution in [0.25, 0.3) is 0 Å². The number of aliphatic hydroxyl groups is 8. The maximum atomic E-state index is 12.5. The van der Waals surface area contributed by atoms with Crippen LogP contribution in [0.1, 0.15) is 72.6 Å². The maximum absolute atomic E-state index is 12.5. The van der Waals surface area contributed by atoms with Gasteiger partial charge in [0, 0.05) is 0 Å². The summed E-state index contributed by atoms with van der Waals surface area (Å²) in [5.41, 5.74) is 2.15. The third-order valence-corrected chi connectivity index (χ3v) is 14.0. The average Bonchev–Trinajstić information content (AvgIpc) is 3.49. The van der Waals surface area contributed by atoms with Gasteiger partial charge >= 0.3 is 0 Å². The summed E-state index contributed by atoms with van der Waals surface area (Å²) in [5, 5.41) is 84.5. The predicted octanol–water partition coefficient (Wildman–Crippen LogP) is -0.425. The molecule has 8 N–H and O–H groups in total. The lowest BCUT2D eigenvalue weighted by atomic mass is 9.47. The van der Waals surface area contributed by atoms with Crippen molar-refractivity contribution in [2.24, 2.45) is 28.6 Å². The molecular weight excluding hydrogens is 696 g/mol. The number of Topliss-reactive ketones (excluding diaryl/α,β-unsaturated/α-hetero) is 1. The van der Waals surface area contributed by atoms with Gasteiger partial charge in [0.2, 0.25) is 0 Å². The SMILES string of the molecule is CC(=O)C1=CC[C@H]2C3CC=C4C[C@@H](O[C@@H]5O[C@H](CO)[C@@H](O[C@@H]6OC[C@@H](O)[C@H](O)[C@H]6O)[C@H](O)[C@H]5O[C@@H]5O[C@H](C)[C@@H](O)[C@H](O)[C@H]5O)CC[C@]4(C)C3CC[C@]12C. The van der Waals surface area contributed by atoms with Crippen LogP contribution in [0, 0.1) is 28.6 Å². The quantitative estimate of drug-likeness (QED) is 0.147. The van der Waals surface area contributed by atoms with Crippen LogP contribution in [0.15, 0.2) is 23.3 Å². The molecule has 20 atom stereocenters. The zero-order valence-corrected chi connectivity index (χ0v) is 30.8. The van der Waals surface area contributed by atoms with E-state index in [4.69, 9.17) is 28.4 Å².